The highest BCUT2D eigenvalue weighted by atomic mass is 15.1. The highest BCUT2D eigenvalue weighted by molar-refractivity contribution is 5.54. The Labute approximate surface area is 123 Å². The number of nitrogen functional groups attached to an aromatic ring is 1. The average molecular weight is 279 g/mol. The highest BCUT2D eigenvalue weighted by Gasteiger charge is 2.09. The third-order valence-electron chi connectivity index (χ3n) is 3.80. The summed E-state index contributed by atoms with van der Waals surface area (Å²) in [7, 11) is 2.15. The van der Waals surface area contributed by atoms with Gasteiger partial charge in [-0.15, -0.1) is 0 Å². The van der Waals surface area contributed by atoms with Crippen LogP contribution in [-0.2, 0) is 6.42 Å². The molecule has 0 fully saturated rings. The third-order valence-corrected chi connectivity index (χ3v) is 3.80. The number of nitrogens with one attached hydrogen (secondary N) is 1. The number of nitrogens with zero attached hydrogens (tertiary/aromatic N) is 3. The zero-order valence-electron chi connectivity index (χ0n) is 13.5. The van der Waals surface area contributed by atoms with Crippen LogP contribution in [0.1, 0.15) is 45.0 Å². The maximum absolute atomic E-state index is 5.95. The zero-order chi connectivity index (χ0) is 15.1. The molecule has 0 aromatic carbocycles. The van der Waals surface area contributed by atoms with Gasteiger partial charge >= 0.3 is 0 Å². The lowest BCUT2D eigenvalue weighted by Crippen LogP contribution is -2.33. The summed E-state index contributed by atoms with van der Waals surface area (Å²) in [5.41, 5.74) is 6.89. The highest BCUT2D eigenvalue weighted by Crippen LogP contribution is 2.17. The number of anilines is 2. The second kappa shape index (κ2) is 8.04. The van der Waals surface area contributed by atoms with Crippen molar-refractivity contribution in [3.05, 3.63) is 11.4 Å². The van der Waals surface area contributed by atoms with Crippen LogP contribution in [0.4, 0.5) is 11.6 Å². The topological polar surface area (TPSA) is 67.1 Å². The lowest BCUT2D eigenvalue weighted by atomic mass is 10.2. The normalized spacial score (nSPS) is 12.7. The van der Waals surface area contributed by atoms with Crippen LogP contribution in [0.25, 0.3) is 0 Å². The largest absolute Gasteiger partial charge is 0.383 e. The van der Waals surface area contributed by atoms with Crippen LogP contribution >= 0.6 is 0 Å². The summed E-state index contributed by atoms with van der Waals surface area (Å²) in [6.45, 7) is 10.4. The Bertz CT molecular complexity index is 419. The van der Waals surface area contributed by atoms with E-state index in [9.17, 15) is 0 Å². The summed E-state index contributed by atoms with van der Waals surface area (Å²) in [5, 5.41) is 3.39. The summed E-state index contributed by atoms with van der Waals surface area (Å²) < 4.78 is 0. The van der Waals surface area contributed by atoms with Crippen molar-refractivity contribution in [2.24, 2.45) is 0 Å². The summed E-state index contributed by atoms with van der Waals surface area (Å²) in [6, 6.07) is 0.601. The van der Waals surface area contributed by atoms with Gasteiger partial charge in [-0.1, -0.05) is 13.8 Å². The van der Waals surface area contributed by atoms with E-state index in [4.69, 9.17) is 5.73 Å². The minimum absolute atomic E-state index is 0.584. The fraction of sp³-hybridized carbons (Fsp3) is 0.733. The van der Waals surface area contributed by atoms with Gasteiger partial charge in [0.2, 0.25) is 0 Å². The van der Waals surface area contributed by atoms with E-state index < -0.39 is 0 Å². The van der Waals surface area contributed by atoms with Crippen LogP contribution in [0.5, 0.6) is 0 Å². The molecule has 1 atom stereocenters. The molecule has 0 aliphatic rings. The molecule has 5 nitrogen and oxygen atoms in total. The van der Waals surface area contributed by atoms with Crippen LogP contribution in [0.15, 0.2) is 0 Å². The SMILES string of the molecule is CCCc1nc(N)c(C)c(NCCN(C)C(C)CC)n1. The third kappa shape index (κ3) is 4.63. The standard InChI is InChI=1S/C15H29N5/c1-6-8-13-18-14(16)12(4)15(19-13)17-9-10-20(5)11(3)7-2/h11H,6-10H2,1-5H3,(H3,16,17,18,19). The average Bonchev–Trinajstić information content (AvgIpc) is 2.43. The van der Waals surface area contributed by atoms with Gasteiger partial charge in [-0.05, 0) is 33.7 Å². The molecule has 1 unspecified atom stereocenters. The predicted octanol–water partition coefficient (Wildman–Crippen LogP) is 2.46. The van der Waals surface area contributed by atoms with Crippen molar-refractivity contribution in [3.63, 3.8) is 0 Å². The minimum atomic E-state index is 0.584. The Balaban J connectivity index is 2.63. The Hall–Kier alpha value is -1.36. The molecule has 1 rings (SSSR count). The molecule has 0 spiro atoms. The molecule has 20 heavy (non-hydrogen) atoms. The molecule has 1 aromatic rings. The molecule has 0 aliphatic heterocycles. The minimum Gasteiger partial charge on any atom is -0.383 e. The van der Waals surface area contributed by atoms with Crippen LogP contribution in [0.2, 0.25) is 0 Å². The second-order valence-electron chi connectivity index (χ2n) is 5.41. The van der Waals surface area contributed by atoms with Gasteiger partial charge in [0.15, 0.2) is 0 Å². The molecule has 5 heteroatoms. The number of hydrogen-bond donors (Lipinski definition) is 2. The first-order chi connectivity index (χ1) is 9.49. The van der Waals surface area contributed by atoms with Gasteiger partial charge in [-0.3, -0.25) is 0 Å². The molecule has 0 amide bonds. The van der Waals surface area contributed by atoms with Gasteiger partial charge in [-0.2, -0.15) is 0 Å². The molecule has 1 heterocycles. The van der Waals surface area contributed by atoms with Gasteiger partial charge in [0, 0.05) is 31.1 Å². The van der Waals surface area contributed by atoms with Crippen LogP contribution in [0, 0.1) is 6.92 Å². The summed E-state index contributed by atoms with van der Waals surface area (Å²) >= 11 is 0. The first-order valence-electron chi connectivity index (χ1n) is 7.56. The van der Waals surface area contributed by atoms with Crippen molar-refractivity contribution in [1.29, 1.82) is 0 Å². The Morgan fingerprint density at radius 3 is 2.60 bits per heavy atom. The second-order valence-corrected chi connectivity index (χ2v) is 5.41. The lowest BCUT2D eigenvalue weighted by molar-refractivity contribution is 0.261. The summed E-state index contributed by atoms with van der Waals surface area (Å²) in [5.74, 6) is 2.29. The van der Waals surface area contributed by atoms with Crippen LogP contribution in [-0.4, -0.2) is 41.0 Å². The van der Waals surface area contributed by atoms with Crippen LogP contribution < -0.4 is 11.1 Å². The molecule has 0 aliphatic carbocycles. The maximum Gasteiger partial charge on any atom is 0.134 e. The molecule has 0 saturated heterocycles. The van der Waals surface area contributed by atoms with Gasteiger partial charge in [0.05, 0.1) is 0 Å². The molecule has 0 bridgehead atoms. The van der Waals surface area contributed by atoms with E-state index >= 15 is 0 Å². The van der Waals surface area contributed by atoms with Gasteiger partial charge in [0.1, 0.15) is 17.5 Å². The molecule has 0 saturated carbocycles. The van der Waals surface area contributed by atoms with E-state index in [1.165, 1.54) is 0 Å². The van der Waals surface area contributed by atoms with Crippen molar-refractivity contribution < 1.29 is 0 Å². The van der Waals surface area contributed by atoms with E-state index in [-0.39, 0.29) is 0 Å². The monoisotopic (exact) mass is 279 g/mol. The molecule has 3 N–H and O–H groups in total. The van der Waals surface area contributed by atoms with E-state index in [2.05, 4.69) is 48.0 Å². The number of aromatic nitrogens is 2. The van der Waals surface area contributed by atoms with E-state index in [0.717, 1.165) is 49.6 Å². The van der Waals surface area contributed by atoms with Crippen molar-refractivity contribution in [1.82, 2.24) is 14.9 Å². The number of aryl methyl sites for hydroxylation is 1. The first kappa shape index (κ1) is 16.7. The predicted molar refractivity (Wildman–Crippen MR) is 86.0 cm³/mol. The van der Waals surface area contributed by atoms with Gasteiger partial charge in [0.25, 0.3) is 0 Å². The Morgan fingerprint density at radius 2 is 2.00 bits per heavy atom. The number of nitrogens with two attached hydrogens (primary N) is 1. The molecule has 0 radical (unpaired) electrons. The van der Waals surface area contributed by atoms with Crippen LogP contribution in [0.3, 0.4) is 0 Å². The number of hydrogen-bond acceptors (Lipinski definition) is 5. The number of rotatable bonds is 8. The molecular formula is C15H29N5. The summed E-state index contributed by atoms with van der Waals surface area (Å²) in [6.07, 6.45) is 3.06. The smallest absolute Gasteiger partial charge is 0.134 e. The van der Waals surface area contributed by atoms with Gasteiger partial charge < -0.3 is 16.0 Å². The van der Waals surface area contributed by atoms with E-state index in [1.807, 2.05) is 6.92 Å². The quantitative estimate of drug-likeness (QED) is 0.765. The first-order valence-corrected chi connectivity index (χ1v) is 7.56. The van der Waals surface area contributed by atoms with Crippen molar-refractivity contribution in [2.75, 3.05) is 31.2 Å². The summed E-state index contributed by atoms with van der Waals surface area (Å²) in [4.78, 5) is 11.2. The van der Waals surface area contributed by atoms with Crippen molar-refractivity contribution in [2.45, 2.75) is 53.0 Å². The fourth-order valence-electron chi connectivity index (χ4n) is 1.97. The van der Waals surface area contributed by atoms with E-state index in [1.54, 1.807) is 0 Å². The van der Waals surface area contributed by atoms with E-state index in [0.29, 0.717) is 11.9 Å². The van der Waals surface area contributed by atoms with Crippen molar-refractivity contribution in [3.8, 4) is 0 Å². The molecule has 1 aromatic heterocycles. The fourth-order valence-corrected chi connectivity index (χ4v) is 1.97. The lowest BCUT2D eigenvalue weighted by Gasteiger charge is -2.23. The maximum atomic E-state index is 5.95. The van der Waals surface area contributed by atoms with Gasteiger partial charge in [-0.25, -0.2) is 9.97 Å². The molecule has 114 valence electrons. The Kier molecular flexibility index (Phi) is 6.71. The number of likely N-dealkylation sites (N-methyl/N-ethyl adjacent to an activating group) is 1. The zero-order valence-corrected chi connectivity index (χ0v) is 13.5. The van der Waals surface area contributed by atoms with Crippen molar-refractivity contribution >= 4 is 11.6 Å². The molecular weight excluding hydrogens is 250 g/mol. The Morgan fingerprint density at radius 1 is 1.30 bits per heavy atom.